The molecule has 3 saturated heterocycles. The van der Waals surface area contributed by atoms with Crippen LogP contribution in [0.4, 0.5) is 5.82 Å². The molecule has 3 fully saturated rings. The number of aromatic nitrogens is 1. The summed E-state index contributed by atoms with van der Waals surface area (Å²) in [5.41, 5.74) is 1.67. The first kappa shape index (κ1) is 55.6. The van der Waals surface area contributed by atoms with Gasteiger partial charge in [-0.25, -0.2) is 14.6 Å². The van der Waals surface area contributed by atoms with Crippen molar-refractivity contribution in [3.63, 3.8) is 0 Å². The number of β-lactam (4-membered cyclic amide) rings is 1. The normalized spacial score (nSPS) is 22.6. The molecular weight excluding hydrogens is 969 g/mol. The first-order chi connectivity index (χ1) is 35.3. The number of carboxylic acid groups (broad SMARTS) is 1. The van der Waals surface area contributed by atoms with Crippen molar-refractivity contribution in [2.75, 3.05) is 59.9 Å². The first-order valence-electron chi connectivity index (χ1n) is 25.6. The molecule has 4 aliphatic heterocycles. The van der Waals surface area contributed by atoms with Crippen molar-refractivity contribution in [1.29, 1.82) is 0 Å². The molecule has 0 saturated carbocycles. The summed E-state index contributed by atoms with van der Waals surface area (Å²) in [4.78, 5) is 91.7. The maximum atomic E-state index is 14.2. The third-order valence-corrected chi connectivity index (χ3v) is 16.4. The molecule has 8 atom stereocenters. The molecule has 400 valence electrons. The van der Waals surface area contributed by atoms with Gasteiger partial charge >= 0.3 is 11.9 Å². The summed E-state index contributed by atoms with van der Waals surface area (Å²) in [7, 11) is 6.58. The number of thioether (sulfide) groups is 1. The number of esters is 1. The van der Waals surface area contributed by atoms with Crippen molar-refractivity contribution in [2.45, 2.75) is 122 Å². The molecule has 4 aliphatic rings. The number of hydrogen-bond donors (Lipinski definition) is 3. The monoisotopic (exact) mass is 1040 g/mol. The Bertz CT molecular complexity index is 2610. The maximum absolute atomic E-state index is 14.2. The van der Waals surface area contributed by atoms with Crippen LogP contribution in [0.1, 0.15) is 95.9 Å². The Hall–Kier alpha value is -6.18. The number of aliphatic hydroxyl groups is 1. The Kier molecular flexibility index (Phi) is 18.0. The second-order valence-electron chi connectivity index (χ2n) is 20.6. The van der Waals surface area contributed by atoms with E-state index in [1.165, 1.54) is 21.6 Å². The van der Waals surface area contributed by atoms with Gasteiger partial charge in [-0.3, -0.25) is 24.1 Å². The second kappa shape index (κ2) is 24.0. The number of methoxy groups -OCH3 is 2. The van der Waals surface area contributed by atoms with Gasteiger partial charge in [0.25, 0.3) is 5.91 Å². The number of rotatable bonds is 23. The molecule has 3 N–H and O–H groups in total. The van der Waals surface area contributed by atoms with Crippen LogP contribution in [-0.2, 0) is 46.5 Å². The van der Waals surface area contributed by atoms with E-state index in [4.69, 9.17) is 18.9 Å². The van der Waals surface area contributed by atoms with E-state index < -0.39 is 65.3 Å². The lowest BCUT2D eigenvalue weighted by molar-refractivity contribution is -0.164. The molecule has 18 nitrogen and oxygen atoms in total. The zero-order valence-corrected chi connectivity index (χ0v) is 44.8. The summed E-state index contributed by atoms with van der Waals surface area (Å²) in [6.07, 6.45) is 3.75. The number of nitrogens with one attached hydrogen (secondary N) is 1. The lowest BCUT2D eigenvalue weighted by Crippen LogP contribution is -2.63. The number of ketones is 1. The quantitative estimate of drug-likeness (QED) is 0.0422. The minimum absolute atomic E-state index is 0.0269. The molecule has 7 rings (SSSR count). The van der Waals surface area contributed by atoms with Gasteiger partial charge in [0.1, 0.15) is 36.0 Å². The molecule has 3 aromatic rings. The van der Waals surface area contributed by atoms with Gasteiger partial charge in [-0.15, -0.1) is 11.8 Å². The Morgan fingerprint density at radius 1 is 0.986 bits per heavy atom. The standard InChI is InChI=1S/C55H72N6O12S/c1-10-55(4,5)49(63)52(66)60-24-12-11-16-39(60)54(69)73-41(19-17-34-18-20-42(70-8)43(26-34)71-9)36-14-13-15-37(28-36)72-25-23-57-44-27-35(21-22-56-44)30-59-31-38(29-40(59)50(64)58(6)7)74-48-32(2)46-45(33(3)62)51(65)61(46)47(48)53(67)68/h13-15,18,20-22,26-28,32-33,38-41,45-46,62H,10-12,16-17,19,23-25,29-31H2,1-9H3,(H,56,57)(H,67,68)/t32-,33-,38+,39+,40+,41-,45-,46-/m1/s1. The maximum Gasteiger partial charge on any atom is 0.353 e. The fourth-order valence-corrected chi connectivity index (χ4v) is 12.0. The van der Waals surface area contributed by atoms with Crippen LogP contribution in [-0.4, -0.2) is 154 Å². The number of hydrogen-bond acceptors (Lipinski definition) is 15. The number of aliphatic carboxylic acids is 1. The van der Waals surface area contributed by atoms with Crippen molar-refractivity contribution in [2.24, 2.45) is 17.3 Å². The Morgan fingerprint density at radius 2 is 1.74 bits per heavy atom. The number of carbonyl (C=O) groups is 6. The van der Waals surface area contributed by atoms with Crippen LogP contribution in [0.3, 0.4) is 0 Å². The highest BCUT2D eigenvalue weighted by Crippen LogP contribution is 2.52. The van der Waals surface area contributed by atoms with E-state index in [0.29, 0.717) is 105 Å². The number of carbonyl (C=O) groups excluding carboxylic acids is 5. The summed E-state index contributed by atoms with van der Waals surface area (Å²) < 4.78 is 23.5. The number of piperidine rings is 1. The number of fused-ring (bicyclic) bond motifs is 1. The van der Waals surface area contributed by atoms with E-state index in [2.05, 4.69) is 15.2 Å². The summed E-state index contributed by atoms with van der Waals surface area (Å²) >= 11 is 1.42. The fraction of sp³-hybridized carbons (Fsp3) is 0.545. The van der Waals surface area contributed by atoms with Crippen LogP contribution in [0.2, 0.25) is 0 Å². The van der Waals surface area contributed by atoms with Crippen molar-refractivity contribution in [3.05, 3.63) is 88.1 Å². The molecule has 5 heterocycles. The Morgan fingerprint density at radius 3 is 2.43 bits per heavy atom. The van der Waals surface area contributed by atoms with Gasteiger partial charge in [0, 0.05) is 61.4 Å². The number of nitrogens with zero attached hydrogens (tertiary/aromatic N) is 5. The number of likely N-dealkylation sites (tertiary alicyclic amines) is 2. The predicted octanol–water partition coefficient (Wildman–Crippen LogP) is 6.11. The van der Waals surface area contributed by atoms with Crippen molar-refractivity contribution >= 4 is 53.0 Å². The molecular formula is C55H72N6O12S. The van der Waals surface area contributed by atoms with E-state index in [1.807, 2.05) is 68.4 Å². The van der Waals surface area contributed by atoms with Crippen LogP contribution >= 0.6 is 11.8 Å². The minimum atomic E-state index is -1.18. The average Bonchev–Trinajstić information content (AvgIpc) is 3.89. The molecule has 0 aliphatic carbocycles. The molecule has 0 bridgehead atoms. The molecule has 0 spiro atoms. The summed E-state index contributed by atoms with van der Waals surface area (Å²) in [5.74, 6) is -1.96. The smallest absolute Gasteiger partial charge is 0.353 e. The predicted molar refractivity (Wildman–Crippen MR) is 278 cm³/mol. The number of aliphatic hydroxyl groups excluding tert-OH is 1. The van der Waals surface area contributed by atoms with Gasteiger partial charge < -0.3 is 49.2 Å². The molecule has 74 heavy (non-hydrogen) atoms. The molecule has 0 unspecified atom stereocenters. The molecule has 3 amide bonds. The summed E-state index contributed by atoms with van der Waals surface area (Å²) in [6.45, 7) is 10.7. The largest absolute Gasteiger partial charge is 0.493 e. The number of Topliss-reactive ketones (excluding diaryl/α,β-unsaturated/α-hetero) is 1. The molecule has 0 radical (unpaired) electrons. The van der Waals surface area contributed by atoms with Crippen LogP contribution in [0.5, 0.6) is 17.2 Å². The Balaban J connectivity index is 1.00. The molecule has 2 aromatic carbocycles. The van der Waals surface area contributed by atoms with E-state index in [1.54, 1.807) is 60.2 Å². The Labute approximate surface area is 438 Å². The van der Waals surface area contributed by atoms with E-state index in [-0.39, 0.29) is 35.3 Å². The van der Waals surface area contributed by atoms with E-state index in [0.717, 1.165) is 11.1 Å². The highest BCUT2D eigenvalue weighted by molar-refractivity contribution is 8.03. The number of aryl methyl sites for hydroxylation is 1. The number of ether oxygens (including phenoxy) is 4. The lowest BCUT2D eigenvalue weighted by atomic mass is 9.79. The van der Waals surface area contributed by atoms with Crippen LogP contribution in [0.15, 0.2) is 71.4 Å². The minimum Gasteiger partial charge on any atom is -0.493 e. The van der Waals surface area contributed by atoms with Gasteiger partial charge in [-0.1, -0.05) is 45.9 Å². The van der Waals surface area contributed by atoms with Gasteiger partial charge in [0.2, 0.25) is 17.6 Å². The van der Waals surface area contributed by atoms with Crippen LogP contribution < -0.4 is 19.5 Å². The number of pyridine rings is 1. The number of benzene rings is 2. The average molecular weight is 1040 g/mol. The summed E-state index contributed by atoms with van der Waals surface area (Å²) in [6, 6.07) is 15.1. The molecule has 19 heteroatoms. The number of anilines is 1. The number of carboxylic acids is 1. The highest BCUT2D eigenvalue weighted by Gasteiger charge is 2.60. The van der Waals surface area contributed by atoms with Gasteiger partial charge in [0.05, 0.1) is 44.9 Å². The first-order valence-corrected chi connectivity index (χ1v) is 26.4. The van der Waals surface area contributed by atoms with E-state index in [9.17, 15) is 39.0 Å². The van der Waals surface area contributed by atoms with Gasteiger partial charge in [-0.2, -0.15) is 0 Å². The fourth-order valence-electron chi connectivity index (χ4n) is 10.4. The molecule has 1 aromatic heterocycles. The zero-order valence-electron chi connectivity index (χ0n) is 44.0. The zero-order chi connectivity index (χ0) is 53.6. The van der Waals surface area contributed by atoms with Crippen LogP contribution in [0.25, 0.3) is 0 Å². The van der Waals surface area contributed by atoms with Crippen molar-refractivity contribution in [1.82, 2.24) is 24.6 Å². The van der Waals surface area contributed by atoms with E-state index >= 15 is 0 Å². The topological polar surface area (TPSA) is 218 Å². The second-order valence-corrected chi connectivity index (χ2v) is 21.9. The van der Waals surface area contributed by atoms with Crippen molar-refractivity contribution in [3.8, 4) is 17.2 Å². The SMILES string of the molecule is CCC(C)(C)C(=O)C(=O)N1CCCC[C@H]1C(=O)O[C@H](CCc1ccc(OC)c(OC)c1)c1cccc(OCCNc2cc(CN3C[C@@H](SC4=C(C(=O)O)N5C(=O)[C@H]([C@@H](C)O)[C@H]5[C@H]4C)C[C@H]3C(=O)N(C)C)ccn2)c1. The number of likely N-dealkylation sites (N-methyl/N-ethyl adjacent to an activating group) is 1. The van der Waals surface area contributed by atoms with Crippen LogP contribution in [0, 0.1) is 17.3 Å². The van der Waals surface area contributed by atoms with Crippen molar-refractivity contribution < 1.29 is 57.9 Å². The number of amides is 3. The summed E-state index contributed by atoms with van der Waals surface area (Å²) in [5, 5.41) is 23.8. The van der Waals surface area contributed by atoms with Gasteiger partial charge in [0.15, 0.2) is 11.5 Å². The van der Waals surface area contributed by atoms with Gasteiger partial charge in [-0.05, 0) is 105 Å². The third kappa shape index (κ3) is 12.2. The lowest BCUT2D eigenvalue weighted by Gasteiger charge is -2.46. The third-order valence-electron chi connectivity index (χ3n) is 14.9. The highest BCUT2D eigenvalue weighted by atomic mass is 32.2.